The van der Waals surface area contributed by atoms with Crippen LogP contribution in [0.4, 0.5) is 4.79 Å². The van der Waals surface area contributed by atoms with Crippen LogP contribution >= 0.6 is 0 Å². The molecular formula is C12H23N3O5. The number of imide groups is 1. The predicted octanol–water partition coefficient (Wildman–Crippen LogP) is -0.452. The quantitative estimate of drug-likeness (QED) is 0.427. The average molecular weight is 289 g/mol. The largest absolute Gasteiger partial charge is 0.480 e. The lowest BCUT2D eigenvalue weighted by Gasteiger charge is -2.16. The van der Waals surface area contributed by atoms with Crippen molar-refractivity contribution in [3.05, 3.63) is 0 Å². The molecule has 0 aliphatic rings. The number of hydrogen-bond donors (Lipinski definition) is 4. The van der Waals surface area contributed by atoms with Gasteiger partial charge in [-0.15, -0.1) is 0 Å². The van der Waals surface area contributed by atoms with Crippen LogP contribution in [0.2, 0.25) is 0 Å². The van der Waals surface area contributed by atoms with Crippen LogP contribution in [-0.2, 0) is 14.3 Å². The molecule has 20 heavy (non-hydrogen) atoms. The minimum atomic E-state index is -1.02. The summed E-state index contributed by atoms with van der Waals surface area (Å²) in [6, 6.07) is -1.44. The van der Waals surface area contributed by atoms with Crippen LogP contribution in [0.5, 0.6) is 0 Å². The normalized spacial score (nSPS) is 12.0. The van der Waals surface area contributed by atoms with Gasteiger partial charge in [0.05, 0.1) is 13.2 Å². The van der Waals surface area contributed by atoms with E-state index in [2.05, 4.69) is 16.0 Å². The van der Waals surface area contributed by atoms with Gasteiger partial charge in [-0.1, -0.05) is 13.8 Å². The second-order valence-electron chi connectivity index (χ2n) is 4.70. The van der Waals surface area contributed by atoms with Crippen molar-refractivity contribution in [1.29, 1.82) is 0 Å². The van der Waals surface area contributed by atoms with Crippen LogP contribution in [0.1, 0.15) is 20.3 Å². The number of carbonyl (C=O) groups is 3. The molecule has 0 aliphatic carbocycles. The lowest BCUT2D eigenvalue weighted by molar-refractivity contribution is -0.140. The first-order chi connectivity index (χ1) is 9.36. The highest BCUT2D eigenvalue weighted by Gasteiger charge is 2.19. The van der Waals surface area contributed by atoms with Crippen molar-refractivity contribution >= 4 is 17.9 Å². The van der Waals surface area contributed by atoms with Gasteiger partial charge in [-0.2, -0.15) is 0 Å². The van der Waals surface area contributed by atoms with Crippen LogP contribution in [0.15, 0.2) is 0 Å². The average Bonchev–Trinajstić information content (AvgIpc) is 2.34. The molecule has 8 heteroatoms. The Hall–Kier alpha value is -1.67. The Kier molecular flexibility index (Phi) is 9.31. The van der Waals surface area contributed by atoms with Crippen LogP contribution in [0.3, 0.4) is 0 Å². The minimum absolute atomic E-state index is 0.184. The molecule has 0 aromatic heterocycles. The molecule has 0 rings (SSSR count). The van der Waals surface area contributed by atoms with Crippen molar-refractivity contribution in [2.45, 2.75) is 26.3 Å². The SMILES string of the molecule is COCCNC(=O)NC(=O)CNC(CC(C)C)C(=O)O. The smallest absolute Gasteiger partial charge is 0.321 e. The zero-order valence-electron chi connectivity index (χ0n) is 12.1. The van der Waals surface area contributed by atoms with Crippen LogP contribution in [0, 0.1) is 5.92 Å². The summed E-state index contributed by atoms with van der Waals surface area (Å²) in [5, 5.41) is 16.1. The molecule has 1 atom stereocenters. The Balaban J connectivity index is 4.00. The number of carboxylic acid groups (broad SMARTS) is 1. The molecule has 0 heterocycles. The number of rotatable bonds is 9. The van der Waals surface area contributed by atoms with Gasteiger partial charge in [-0.25, -0.2) is 4.79 Å². The summed E-state index contributed by atoms with van der Waals surface area (Å²) in [5.41, 5.74) is 0. The molecule has 4 N–H and O–H groups in total. The van der Waals surface area contributed by atoms with Gasteiger partial charge >= 0.3 is 12.0 Å². The highest BCUT2D eigenvalue weighted by atomic mass is 16.5. The minimum Gasteiger partial charge on any atom is -0.480 e. The highest BCUT2D eigenvalue weighted by molar-refractivity contribution is 5.95. The Morgan fingerprint density at radius 2 is 1.90 bits per heavy atom. The van der Waals surface area contributed by atoms with E-state index in [1.54, 1.807) is 0 Å². The Morgan fingerprint density at radius 3 is 2.40 bits per heavy atom. The van der Waals surface area contributed by atoms with Crippen molar-refractivity contribution in [2.75, 3.05) is 26.8 Å². The number of methoxy groups -OCH3 is 1. The summed E-state index contributed by atoms with van der Waals surface area (Å²) < 4.78 is 4.73. The van der Waals surface area contributed by atoms with Gasteiger partial charge in [0.25, 0.3) is 0 Å². The fourth-order valence-electron chi connectivity index (χ4n) is 1.44. The van der Waals surface area contributed by atoms with Gasteiger partial charge in [-0.05, 0) is 12.3 Å². The third kappa shape index (κ3) is 9.29. The van der Waals surface area contributed by atoms with E-state index in [1.165, 1.54) is 7.11 Å². The second kappa shape index (κ2) is 10.2. The molecule has 0 radical (unpaired) electrons. The molecule has 0 aliphatic heterocycles. The molecular weight excluding hydrogens is 266 g/mol. The van der Waals surface area contributed by atoms with Gasteiger partial charge in [0, 0.05) is 13.7 Å². The van der Waals surface area contributed by atoms with E-state index in [9.17, 15) is 14.4 Å². The summed E-state index contributed by atoms with van der Waals surface area (Å²) in [7, 11) is 1.50. The second-order valence-corrected chi connectivity index (χ2v) is 4.70. The molecule has 8 nitrogen and oxygen atoms in total. The Labute approximate surface area is 118 Å². The maximum absolute atomic E-state index is 11.4. The zero-order valence-corrected chi connectivity index (χ0v) is 12.1. The summed E-state index contributed by atoms with van der Waals surface area (Å²) in [4.78, 5) is 33.6. The standard InChI is InChI=1S/C12H23N3O5/c1-8(2)6-9(11(17)18)14-7-10(16)15-12(19)13-4-5-20-3/h8-9,14H,4-7H2,1-3H3,(H,17,18)(H2,13,15,16,19). The van der Waals surface area contributed by atoms with E-state index < -0.39 is 23.9 Å². The maximum atomic E-state index is 11.4. The molecule has 3 amide bonds. The van der Waals surface area contributed by atoms with E-state index in [4.69, 9.17) is 9.84 Å². The third-order valence-corrected chi connectivity index (χ3v) is 2.36. The van der Waals surface area contributed by atoms with Crippen LogP contribution in [0.25, 0.3) is 0 Å². The Bertz CT molecular complexity index is 333. The lowest BCUT2D eigenvalue weighted by Crippen LogP contribution is -2.47. The van der Waals surface area contributed by atoms with Gasteiger partial charge in [-0.3, -0.25) is 20.2 Å². The Morgan fingerprint density at radius 1 is 1.25 bits per heavy atom. The fraction of sp³-hybridized carbons (Fsp3) is 0.750. The highest BCUT2D eigenvalue weighted by Crippen LogP contribution is 2.04. The maximum Gasteiger partial charge on any atom is 0.321 e. The van der Waals surface area contributed by atoms with E-state index in [1.807, 2.05) is 13.8 Å². The first kappa shape index (κ1) is 18.3. The van der Waals surface area contributed by atoms with Crippen LogP contribution in [-0.4, -0.2) is 55.9 Å². The number of carboxylic acids is 1. The number of aliphatic carboxylic acids is 1. The molecule has 116 valence electrons. The van der Waals surface area contributed by atoms with E-state index in [0.29, 0.717) is 13.0 Å². The number of amides is 3. The van der Waals surface area contributed by atoms with Crippen molar-refractivity contribution in [1.82, 2.24) is 16.0 Å². The van der Waals surface area contributed by atoms with Crippen molar-refractivity contribution in [2.24, 2.45) is 5.92 Å². The number of carbonyl (C=O) groups excluding carboxylic acids is 2. The summed E-state index contributed by atoms with van der Waals surface area (Å²) in [6.45, 7) is 4.17. The molecule has 0 aromatic carbocycles. The predicted molar refractivity (Wildman–Crippen MR) is 72.3 cm³/mol. The topological polar surface area (TPSA) is 117 Å². The van der Waals surface area contributed by atoms with Gasteiger partial charge in [0.15, 0.2) is 0 Å². The van der Waals surface area contributed by atoms with Crippen LogP contribution < -0.4 is 16.0 Å². The zero-order chi connectivity index (χ0) is 15.5. The number of nitrogens with one attached hydrogen (secondary N) is 3. The lowest BCUT2D eigenvalue weighted by atomic mass is 10.0. The molecule has 0 bridgehead atoms. The number of hydrogen-bond acceptors (Lipinski definition) is 5. The van der Waals surface area contributed by atoms with E-state index >= 15 is 0 Å². The molecule has 0 fully saturated rings. The number of urea groups is 1. The first-order valence-electron chi connectivity index (χ1n) is 6.39. The van der Waals surface area contributed by atoms with E-state index in [-0.39, 0.29) is 19.0 Å². The van der Waals surface area contributed by atoms with Gasteiger partial charge in [0.2, 0.25) is 5.91 Å². The van der Waals surface area contributed by atoms with Gasteiger partial charge < -0.3 is 15.2 Å². The summed E-state index contributed by atoms with van der Waals surface area (Å²) in [6.07, 6.45) is 0.405. The summed E-state index contributed by atoms with van der Waals surface area (Å²) in [5.74, 6) is -1.42. The van der Waals surface area contributed by atoms with Crippen molar-refractivity contribution in [3.8, 4) is 0 Å². The molecule has 0 saturated heterocycles. The summed E-state index contributed by atoms with van der Waals surface area (Å²) >= 11 is 0. The molecule has 0 saturated carbocycles. The molecule has 0 spiro atoms. The molecule has 0 aromatic rings. The van der Waals surface area contributed by atoms with Crippen molar-refractivity contribution < 1.29 is 24.2 Å². The first-order valence-corrected chi connectivity index (χ1v) is 6.39. The fourth-order valence-corrected chi connectivity index (χ4v) is 1.44. The number of ether oxygens (including phenoxy) is 1. The van der Waals surface area contributed by atoms with Crippen molar-refractivity contribution in [3.63, 3.8) is 0 Å². The molecule has 1 unspecified atom stereocenters. The monoisotopic (exact) mass is 289 g/mol. The van der Waals surface area contributed by atoms with E-state index in [0.717, 1.165) is 0 Å². The van der Waals surface area contributed by atoms with Gasteiger partial charge in [0.1, 0.15) is 6.04 Å². The third-order valence-electron chi connectivity index (χ3n) is 2.36.